The zero-order chi connectivity index (χ0) is 13.0. The van der Waals surface area contributed by atoms with Crippen molar-refractivity contribution in [2.75, 3.05) is 11.9 Å². The molecular formula is C15H20N2O. The fourth-order valence-electron chi connectivity index (χ4n) is 2.24. The number of nitrogens with one attached hydrogen (secondary N) is 2. The van der Waals surface area contributed by atoms with Gasteiger partial charge in [0, 0.05) is 23.8 Å². The summed E-state index contributed by atoms with van der Waals surface area (Å²) in [6.45, 7) is 6.34. The first-order valence-corrected chi connectivity index (χ1v) is 6.44. The lowest BCUT2D eigenvalue weighted by molar-refractivity contribution is 0.0958. The van der Waals surface area contributed by atoms with Gasteiger partial charge >= 0.3 is 0 Å². The molecule has 0 spiro atoms. The van der Waals surface area contributed by atoms with Gasteiger partial charge in [-0.3, -0.25) is 4.79 Å². The van der Waals surface area contributed by atoms with E-state index in [4.69, 9.17) is 0 Å². The van der Waals surface area contributed by atoms with Crippen LogP contribution < -0.4 is 10.6 Å². The minimum atomic E-state index is -0.0567. The van der Waals surface area contributed by atoms with E-state index in [0.717, 1.165) is 11.6 Å². The largest absolute Gasteiger partial charge is 0.382 e. The maximum atomic E-state index is 11.7. The molecule has 1 aliphatic rings. The third-order valence-electron chi connectivity index (χ3n) is 3.30. The van der Waals surface area contributed by atoms with E-state index in [0.29, 0.717) is 18.2 Å². The number of anilines is 1. The van der Waals surface area contributed by atoms with Crippen LogP contribution in [0.4, 0.5) is 5.69 Å². The normalized spacial score (nSPS) is 21.8. The molecule has 0 radical (unpaired) electrons. The highest BCUT2D eigenvalue weighted by atomic mass is 16.1. The maximum Gasteiger partial charge on any atom is 0.251 e. The fraction of sp³-hybridized carbons (Fsp3) is 0.400. The molecule has 96 valence electrons. The van der Waals surface area contributed by atoms with Crippen molar-refractivity contribution < 1.29 is 4.79 Å². The van der Waals surface area contributed by atoms with Gasteiger partial charge in [-0.05, 0) is 43.0 Å². The number of carbonyl (C=O) groups excluding carboxylic acids is 1. The Morgan fingerprint density at radius 3 is 2.61 bits per heavy atom. The van der Waals surface area contributed by atoms with Gasteiger partial charge in [-0.15, -0.1) is 6.58 Å². The first-order chi connectivity index (χ1) is 8.69. The van der Waals surface area contributed by atoms with Crippen LogP contribution in [0, 0.1) is 5.92 Å². The van der Waals surface area contributed by atoms with Crippen molar-refractivity contribution in [3.05, 3.63) is 42.5 Å². The Hall–Kier alpha value is -1.77. The highest BCUT2D eigenvalue weighted by Crippen LogP contribution is 2.29. The molecule has 0 bridgehead atoms. The molecule has 3 heteroatoms. The second-order valence-electron chi connectivity index (χ2n) is 4.99. The van der Waals surface area contributed by atoms with Gasteiger partial charge in [0.1, 0.15) is 0 Å². The Balaban J connectivity index is 1.88. The van der Waals surface area contributed by atoms with E-state index in [1.54, 1.807) is 6.08 Å². The summed E-state index contributed by atoms with van der Waals surface area (Å²) in [5.74, 6) is 0.783. The SMILES string of the molecule is C=CCNC(=O)c1ccc(NC2CC(C)C2)cc1. The summed E-state index contributed by atoms with van der Waals surface area (Å²) < 4.78 is 0. The van der Waals surface area contributed by atoms with Crippen molar-refractivity contribution in [3.8, 4) is 0 Å². The third-order valence-corrected chi connectivity index (χ3v) is 3.30. The third kappa shape index (κ3) is 3.13. The molecule has 0 atom stereocenters. The van der Waals surface area contributed by atoms with E-state index in [1.165, 1.54) is 12.8 Å². The van der Waals surface area contributed by atoms with Gasteiger partial charge in [0.05, 0.1) is 0 Å². The second-order valence-corrected chi connectivity index (χ2v) is 4.99. The molecule has 0 saturated heterocycles. The standard InChI is InChI=1S/C15H20N2O/c1-3-8-16-15(18)12-4-6-13(7-5-12)17-14-9-11(2)10-14/h3-7,11,14,17H,1,8-10H2,2H3,(H,16,18). The Morgan fingerprint density at radius 2 is 2.06 bits per heavy atom. The van der Waals surface area contributed by atoms with Crippen LogP contribution in [-0.2, 0) is 0 Å². The molecule has 2 N–H and O–H groups in total. The molecule has 18 heavy (non-hydrogen) atoms. The van der Waals surface area contributed by atoms with E-state index >= 15 is 0 Å². The summed E-state index contributed by atoms with van der Waals surface area (Å²) in [7, 11) is 0. The molecule has 1 aromatic rings. The van der Waals surface area contributed by atoms with Gasteiger partial charge in [0.25, 0.3) is 5.91 Å². The number of amides is 1. The number of carbonyl (C=O) groups is 1. The minimum Gasteiger partial charge on any atom is -0.382 e. The molecule has 0 aliphatic heterocycles. The van der Waals surface area contributed by atoms with Crippen LogP contribution in [0.5, 0.6) is 0 Å². The molecule has 3 nitrogen and oxygen atoms in total. The van der Waals surface area contributed by atoms with Crippen LogP contribution in [0.1, 0.15) is 30.1 Å². The van der Waals surface area contributed by atoms with Crippen LogP contribution >= 0.6 is 0 Å². The molecule has 1 amide bonds. The van der Waals surface area contributed by atoms with Crippen molar-refractivity contribution in [3.63, 3.8) is 0 Å². The monoisotopic (exact) mass is 244 g/mol. The molecule has 0 heterocycles. The quantitative estimate of drug-likeness (QED) is 0.782. The van der Waals surface area contributed by atoms with E-state index in [2.05, 4.69) is 24.1 Å². The predicted molar refractivity (Wildman–Crippen MR) is 74.8 cm³/mol. The van der Waals surface area contributed by atoms with Crippen molar-refractivity contribution >= 4 is 11.6 Å². The van der Waals surface area contributed by atoms with E-state index in [9.17, 15) is 4.79 Å². The highest BCUT2D eigenvalue weighted by molar-refractivity contribution is 5.94. The van der Waals surface area contributed by atoms with Gasteiger partial charge in [0.2, 0.25) is 0 Å². The summed E-state index contributed by atoms with van der Waals surface area (Å²) in [5, 5.41) is 6.23. The van der Waals surface area contributed by atoms with Crippen molar-refractivity contribution in [2.24, 2.45) is 5.92 Å². The molecule has 0 aromatic heterocycles. The number of rotatable bonds is 5. The van der Waals surface area contributed by atoms with Gasteiger partial charge in [-0.1, -0.05) is 13.0 Å². The lowest BCUT2D eigenvalue weighted by atomic mass is 9.82. The predicted octanol–water partition coefficient (Wildman–Crippen LogP) is 2.81. The first-order valence-electron chi connectivity index (χ1n) is 6.44. The Kier molecular flexibility index (Phi) is 4.03. The lowest BCUT2D eigenvalue weighted by Crippen LogP contribution is -2.33. The molecule has 1 fully saturated rings. The summed E-state index contributed by atoms with van der Waals surface area (Å²) in [5.41, 5.74) is 1.77. The van der Waals surface area contributed by atoms with Gasteiger partial charge < -0.3 is 10.6 Å². The summed E-state index contributed by atoms with van der Waals surface area (Å²) in [6.07, 6.45) is 4.15. The van der Waals surface area contributed by atoms with Crippen molar-refractivity contribution in [2.45, 2.75) is 25.8 Å². The second kappa shape index (κ2) is 5.71. The maximum absolute atomic E-state index is 11.7. The molecule has 0 unspecified atom stereocenters. The van der Waals surface area contributed by atoms with Crippen LogP contribution in [0.3, 0.4) is 0 Å². The zero-order valence-electron chi connectivity index (χ0n) is 10.8. The molecule has 1 aliphatic carbocycles. The van der Waals surface area contributed by atoms with Crippen molar-refractivity contribution in [1.82, 2.24) is 5.32 Å². The fourth-order valence-corrected chi connectivity index (χ4v) is 2.24. The minimum absolute atomic E-state index is 0.0567. The Labute approximate surface area is 108 Å². The van der Waals surface area contributed by atoms with Crippen LogP contribution in [-0.4, -0.2) is 18.5 Å². The highest BCUT2D eigenvalue weighted by Gasteiger charge is 2.24. The molecular weight excluding hydrogens is 224 g/mol. The van der Waals surface area contributed by atoms with E-state index in [1.807, 2.05) is 24.3 Å². The smallest absolute Gasteiger partial charge is 0.251 e. The number of benzene rings is 1. The molecule has 1 saturated carbocycles. The van der Waals surface area contributed by atoms with E-state index < -0.39 is 0 Å². The summed E-state index contributed by atoms with van der Waals surface area (Å²) >= 11 is 0. The summed E-state index contributed by atoms with van der Waals surface area (Å²) in [6, 6.07) is 8.23. The molecule has 2 rings (SSSR count). The topological polar surface area (TPSA) is 41.1 Å². The Morgan fingerprint density at radius 1 is 1.39 bits per heavy atom. The van der Waals surface area contributed by atoms with Gasteiger partial charge in [0.15, 0.2) is 0 Å². The van der Waals surface area contributed by atoms with E-state index in [-0.39, 0.29) is 5.91 Å². The molecule has 1 aromatic carbocycles. The Bertz CT molecular complexity index is 419. The zero-order valence-corrected chi connectivity index (χ0v) is 10.8. The average molecular weight is 244 g/mol. The van der Waals surface area contributed by atoms with Crippen LogP contribution in [0.2, 0.25) is 0 Å². The first kappa shape index (κ1) is 12.7. The summed E-state index contributed by atoms with van der Waals surface area (Å²) in [4.78, 5) is 11.7. The van der Waals surface area contributed by atoms with Crippen LogP contribution in [0.15, 0.2) is 36.9 Å². The van der Waals surface area contributed by atoms with Gasteiger partial charge in [-0.2, -0.15) is 0 Å². The lowest BCUT2D eigenvalue weighted by Gasteiger charge is -2.34. The van der Waals surface area contributed by atoms with Crippen LogP contribution in [0.25, 0.3) is 0 Å². The number of hydrogen-bond acceptors (Lipinski definition) is 2. The average Bonchev–Trinajstić information content (AvgIpc) is 2.35. The van der Waals surface area contributed by atoms with Gasteiger partial charge in [-0.25, -0.2) is 0 Å². The van der Waals surface area contributed by atoms with Crippen molar-refractivity contribution in [1.29, 1.82) is 0 Å². The number of hydrogen-bond donors (Lipinski definition) is 2.